The summed E-state index contributed by atoms with van der Waals surface area (Å²) in [5, 5.41) is 11.2. The molecule has 4 aliphatic rings. The summed E-state index contributed by atoms with van der Waals surface area (Å²) in [4.78, 5) is 55.3. The van der Waals surface area contributed by atoms with Crippen LogP contribution in [0, 0.1) is 17.8 Å². The number of imide groups is 1. The molecule has 0 unspecified atom stereocenters. The molecule has 3 aliphatic carbocycles. The number of aromatic hydroxyl groups is 1. The Balaban J connectivity index is 1.48. The minimum atomic E-state index is -0.752. The Bertz CT molecular complexity index is 1540. The number of fused-ring (bicyclic) bond motifs is 3. The van der Waals surface area contributed by atoms with Crippen LogP contribution >= 0.6 is 27.5 Å². The smallest absolute Gasteiger partial charge is 0.238 e. The van der Waals surface area contributed by atoms with E-state index in [-0.39, 0.29) is 40.0 Å². The first-order chi connectivity index (χ1) is 18.2. The molecule has 6 nitrogen and oxygen atoms in total. The topological polar surface area (TPSA) is 91.8 Å². The molecule has 38 heavy (non-hydrogen) atoms. The summed E-state index contributed by atoms with van der Waals surface area (Å²) in [6.45, 7) is 2.04. The van der Waals surface area contributed by atoms with Gasteiger partial charge in [0.25, 0.3) is 0 Å². The number of hydrogen-bond acceptors (Lipinski definition) is 5. The number of rotatable bonds is 3. The molecule has 1 saturated heterocycles. The number of halogens is 2. The van der Waals surface area contributed by atoms with Gasteiger partial charge in [0.15, 0.2) is 11.6 Å². The molecule has 0 radical (unpaired) electrons. The Morgan fingerprint density at radius 2 is 1.76 bits per heavy atom. The molecular weight excluding hydrogens is 570 g/mol. The predicted molar refractivity (Wildman–Crippen MR) is 146 cm³/mol. The van der Waals surface area contributed by atoms with Gasteiger partial charge < -0.3 is 5.11 Å². The molecule has 1 fully saturated rings. The number of Topliss-reactive ketones (excluding diaryl/α,β-unsaturated/α-hetero) is 1. The first kappa shape index (κ1) is 25.0. The Kier molecular flexibility index (Phi) is 6.04. The van der Waals surface area contributed by atoms with E-state index in [0.29, 0.717) is 33.8 Å². The fraction of sp³-hybridized carbons (Fsp3) is 0.267. The lowest BCUT2D eigenvalue weighted by molar-refractivity contribution is -0.123. The molecule has 0 saturated carbocycles. The molecule has 2 aromatic carbocycles. The van der Waals surface area contributed by atoms with E-state index in [1.807, 2.05) is 25.1 Å². The van der Waals surface area contributed by atoms with E-state index in [2.05, 4.69) is 15.9 Å². The number of carbonyl (C=O) groups excluding carboxylic acids is 4. The Labute approximate surface area is 232 Å². The second-order valence-corrected chi connectivity index (χ2v) is 11.4. The van der Waals surface area contributed by atoms with E-state index in [4.69, 9.17) is 11.6 Å². The Morgan fingerprint density at radius 3 is 2.47 bits per heavy atom. The van der Waals surface area contributed by atoms with Crippen molar-refractivity contribution < 1.29 is 24.3 Å². The molecule has 0 spiro atoms. The number of benzene rings is 2. The molecule has 1 heterocycles. The summed E-state index contributed by atoms with van der Waals surface area (Å²) < 4.78 is 0.154. The summed E-state index contributed by atoms with van der Waals surface area (Å²) in [6, 6.07) is 12.0. The minimum Gasteiger partial charge on any atom is -0.508 e. The molecule has 0 aromatic heterocycles. The van der Waals surface area contributed by atoms with Crippen LogP contribution in [-0.2, 0) is 25.6 Å². The maximum absolute atomic E-state index is 13.9. The maximum atomic E-state index is 13.9. The van der Waals surface area contributed by atoms with E-state index in [0.717, 1.165) is 17.6 Å². The van der Waals surface area contributed by atoms with Gasteiger partial charge in [-0.2, -0.15) is 0 Å². The number of anilines is 1. The molecule has 4 atom stereocenters. The molecule has 6 rings (SSSR count). The lowest BCUT2D eigenvalue weighted by Crippen LogP contribution is -2.39. The molecule has 1 N–H and O–H groups in total. The molecule has 192 valence electrons. The molecule has 8 heteroatoms. The monoisotopic (exact) mass is 591 g/mol. The fourth-order valence-electron chi connectivity index (χ4n) is 6.45. The van der Waals surface area contributed by atoms with Gasteiger partial charge in [-0.15, -0.1) is 0 Å². The molecule has 1 aliphatic heterocycles. The van der Waals surface area contributed by atoms with E-state index in [1.165, 1.54) is 17.0 Å². The molecular formula is C30H23BrClNO5. The molecule has 2 amide bonds. The van der Waals surface area contributed by atoms with Crippen molar-refractivity contribution in [3.63, 3.8) is 0 Å². The summed E-state index contributed by atoms with van der Waals surface area (Å²) >= 11 is 9.51. The number of carbonyl (C=O) groups is 4. The third-order valence-electron chi connectivity index (χ3n) is 8.23. The number of hydrogen-bond donors (Lipinski definition) is 1. The van der Waals surface area contributed by atoms with Crippen molar-refractivity contribution in [1.82, 2.24) is 0 Å². The van der Waals surface area contributed by atoms with Gasteiger partial charge in [-0.3, -0.25) is 24.1 Å². The highest BCUT2D eigenvalue weighted by atomic mass is 79.9. The highest BCUT2D eigenvalue weighted by Gasteiger charge is 2.56. The van der Waals surface area contributed by atoms with Crippen LogP contribution in [0.15, 0.2) is 75.8 Å². The largest absolute Gasteiger partial charge is 0.508 e. The van der Waals surface area contributed by atoms with Crippen molar-refractivity contribution >= 4 is 56.6 Å². The van der Waals surface area contributed by atoms with Gasteiger partial charge in [-0.25, -0.2) is 0 Å². The normalized spacial score (nSPS) is 26.7. The minimum absolute atomic E-state index is 0.0599. The number of ketones is 2. The van der Waals surface area contributed by atoms with E-state index in [1.54, 1.807) is 24.3 Å². The van der Waals surface area contributed by atoms with Gasteiger partial charge in [0.1, 0.15) is 5.75 Å². The summed E-state index contributed by atoms with van der Waals surface area (Å²) in [7, 11) is 0. The Hall–Kier alpha value is -3.29. The van der Waals surface area contributed by atoms with Gasteiger partial charge in [-0.1, -0.05) is 42.3 Å². The van der Waals surface area contributed by atoms with Crippen molar-refractivity contribution in [2.75, 3.05) is 4.90 Å². The first-order valence-electron chi connectivity index (χ1n) is 12.6. The number of nitrogens with zero attached hydrogens (tertiary/aromatic N) is 1. The zero-order valence-corrected chi connectivity index (χ0v) is 22.8. The summed E-state index contributed by atoms with van der Waals surface area (Å²) in [5.41, 5.74) is 3.39. The van der Waals surface area contributed by atoms with Gasteiger partial charge in [-0.05, 0) is 77.0 Å². The fourth-order valence-corrected chi connectivity index (χ4v) is 7.08. The Morgan fingerprint density at radius 1 is 1.03 bits per heavy atom. The quantitative estimate of drug-likeness (QED) is 0.286. The second-order valence-electron chi connectivity index (χ2n) is 10.1. The van der Waals surface area contributed by atoms with Crippen LogP contribution in [0.5, 0.6) is 5.75 Å². The van der Waals surface area contributed by atoms with Crippen LogP contribution < -0.4 is 4.90 Å². The van der Waals surface area contributed by atoms with Crippen molar-refractivity contribution in [2.45, 2.75) is 32.1 Å². The maximum Gasteiger partial charge on any atom is 0.238 e. The first-order valence-corrected chi connectivity index (χ1v) is 13.7. The van der Waals surface area contributed by atoms with E-state index >= 15 is 0 Å². The van der Waals surface area contributed by atoms with Crippen molar-refractivity contribution in [3.05, 3.63) is 92.0 Å². The van der Waals surface area contributed by atoms with Crippen LogP contribution in [-0.4, -0.2) is 28.5 Å². The second kappa shape index (κ2) is 9.17. The van der Waals surface area contributed by atoms with Crippen molar-refractivity contribution in [1.29, 1.82) is 0 Å². The van der Waals surface area contributed by atoms with Crippen LogP contribution in [0.3, 0.4) is 0 Å². The average molecular weight is 593 g/mol. The number of allylic oxidation sites excluding steroid dienone is 6. The van der Waals surface area contributed by atoms with E-state index in [9.17, 15) is 24.3 Å². The molecule has 0 bridgehead atoms. The number of phenolic OH excluding ortho intramolecular Hbond substituents is 1. The standard InChI is InChI=1S/C30H23BrClNO5/c1-2-14-3-6-16(7-4-14)33-29(37)18-9-8-17-19(26(18)30(33)38)12-21-27(24(35)13-22(31)28(21)36)25(17)20-11-15(32)5-10-23(20)34/h3-8,10-11,13,18-19,25-26,34H,2,9,12H2,1H3/t18-,19+,25+,26-/m0/s1. The van der Waals surface area contributed by atoms with Crippen LogP contribution in [0.2, 0.25) is 5.02 Å². The van der Waals surface area contributed by atoms with Crippen LogP contribution in [0.4, 0.5) is 5.69 Å². The predicted octanol–water partition coefficient (Wildman–Crippen LogP) is 5.57. The zero-order valence-electron chi connectivity index (χ0n) is 20.4. The third-order valence-corrected chi connectivity index (χ3v) is 9.06. The lowest BCUT2D eigenvalue weighted by atomic mass is 9.59. The number of amides is 2. The lowest BCUT2D eigenvalue weighted by Gasteiger charge is -2.42. The van der Waals surface area contributed by atoms with Gasteiger partial charge in [0.05, 0.1) is 22.0 Å². The third kappa shape index (κ3) is 3.67. The molecule has 2 aromatic rings. The summed E-state index contributed by atoms with van der Waals surface area (Å²) in [6.07, 6.45) is 4.51. The highest BCUT2D eigenvalue weighted by Crippen LogP contribution is 2.56. The van der Waals surface area contributed by atoms with Crippen LogP contribution in [0.1, 0.15) is 36.8 Å². The number of aryl methyl sites for hydroxylation is 1. The highest BCUT2D eigenvalue weighted by molar-refractivity contribution is 9.12. The van der Waals surface area contributed by atoms with Crippen molar-refractivity contribution in [3.8, 4) is 5.75 Å². The van der Waals surface area contributed by atoms with Gasteiger partial charge >= 0.3 is 0 Å². The average Bonchev–Trinajstić information content (AvgIpc) is 3.17. The van der Waals surface area contributed by atoms with Gasteiger partial charge in [0.2, 0.25) is 11.8 Å². The number of phenols is 1. The SMILES string of the molecule is CCc1ccc(N2C(=O)[C@H]3[C@H](CC=C4[C@H](c5cc(Cl)ccc5O)C5=C(C[C@H]43)C(=O)C(Br)=CC5=O)C2=O)cc1. The van der Waals surface area contributed by atoms with E-state index < -0.39 is 23.7 Å². The van der Waals surface area contributed by atoms with Crippen LogP contribution in [0.25, 0.3) is 0 Å². The van der Waals surface area contributed by atoms with Crippen molar-refractivity contribution in [2.24, 2.45) is 17.8 Å². The van der Waals surface area contributed by atoms with Gasteiger partial charge in [0, 0.05) is 33.7 Å². The summed E-state index contributed by atoms with van der Waals surface area (Å²) in [5.74, 6) is -3.75. The zero-order chi connectivity index (χ0) is 26.9.